The molecule has 1 aromatic heterocycles. The van der Waals surface area contributed by atoms with Gasteiger partial charge < -0.3 is 24.3 Å². The van der Waals surface area contributed by atoms with Crippen molar-refractivity contribution in [2.45, 2.75) is 53.0 Å². The lowest BCUT2D eigenvalue weighted by atomic mass is 10.1. The van der Waals surface area contributed by atoms with Crippen LogP contribution >= 0.6 is 0 Å². The van der Waals surface area contributed by atoms with Gasteiger partial charge >= 0.3 is 0 Å². The number of hydrogen-bond donors (Lipinski definition) is 1. The van der Waals surface area contributed by atoms with Crippen LogP contribution in [0.2, 0.25) is 0 Å². The number of hydrogen-bond acceptors (Lipinski definition) is 6. The van der Waals surface area contributed by atoms with Gasteiger partial charge in [-0.1, -0.05) is 18.7 Å². The molecular formula is C30H43N3O4S. The quantitative estimate of drug-likeness (QED) is 0.485. The molecule has 0 saturated heterocycles. The molecule has 0 atom stereocenters. The summed E-state index contributed by atoms with van der Waals surface area (Å²) in [7, 11) is 1.26. The van der Waals surface area contributed by atoms with E-state index in [0.717, 1.165) is 48.8 Å². The van der Waals surface area contributed by atoms with Crippen LogP contribution < -0.4 is 15.9 Å². The predicted octanol–water partition coefficient (Wildman–Crippen LogP) is 3.18. The first kappa shape index (κ1) is 29.6. The molecule has 7 nitrogen and oxygen atoms in total. The third-order valence-electron chi connectivity index (χ3n) is 6.70. The first-order valence-corrected chi connectivity index (χ1v) is 15.4. The summed E-state index contributed by atoms with van der Waals surface area (Å²) >= 11 is 0. The number of rotatable bonds is 9. The van der Waals surface area contributed by atoms with Crippen LogP contribution in [-0.4, -0.2) is 56.7 Å². The molecule has 1 aromatic rings. The van der Waals surface area contributed by atoms with Gasteiger partial charge in [0.15, 0.2) is 0 Å². The minimum Gasteiger partial charge on any atom is -0.495 e. The summed E-state index contributed by atoms with van der Waals surface area (Å²) in [5.41, 5.74) is 8.01. The largest absolute Gasteiger partial charge is 0.495 e. The number of aromatic nitrogens is 1. The third kappa shape index (κ3) is 8.83. The average Bonchev–Trinajstić information content (AvgIpc) is 2.96. The molecule has 38 heavy (non-hydrogen) atoms. The zero-order chi connectivity index (χ0) is 27.7. The van der Waals surface area contributed by atoms with Gasteiger partial charge in [-0.05, 0) is 69.3 Å². The smallest absolute Gasteiger partial charge is 0.147 e. The topological polar surface area (TPSA) is 72.8 Å². The minimum atomic E-state index is -2.94. The van der Waals surface area contributed by atoms with E-state index in [1.54, 1.807) is 0 Å². The number of nitrogens with one attached hydrogen (secondary N) is 1. The lowest BCUT2D eigenvalue weighted by molar-refractivity contribution is 0.119. The van der Waals surface area contributed by atoms with Crippen molar-refractivity contribution in [3.63, 3.8) is 0 Å². The minimum absolute atomic E-state index is 0.220. The zero-order valence-corrected chi connectivity index (χ0v) is 24.6. The molecule has 1 aliphatic carbocycles. The van der Waals surface area contributed by atoms with Crippen LogP contribution in [0.15, 0.2) is 52.9 Å². The highest BCUT2D eigenvalue weighted by Crippen LogP contribution is 2.13. The normalized spacial score (nSPS) is 19.3. The molecule has 0 radical (unpaired) electrons. The standard InChI is InChI=1S/C30H43N3O4S/c1-7-29-28(22-32(4)18-9-21-38(6,34)35)27-16-14-26(15-17-30(27)33(29)5)31-25-11-8-10-23(2)36-19-20-37-24(3)12-13-25/h8,12-13,15-17,31H,7,9,11,14,18-22H2,1-6H3/b24-12+,25-13+. The van der Waals surface area contributed by atoms with Gasteiger partial charge in [-0.15, -0.1) is 0 Å². The van der Waals surface area contributed by atoms with E-state index < -0.39 is 9.84 Å². The molecule has 1 aliphatic heterocycles. The second-order valence-corrected chi connectivity index (χ2v) is 12.3. The van der Waals surface area contributed by atoms with Crippen LogP contribution in [0.25, 0.3) is 12.2 Å². The number of ether oxygens (including phenoxy) is 2. The molecular weight excluding hydrogens is 498 g/mol. The molecule has 0 spiro atoms. The van der Waals surface area contributed by atoms with E-state index >= 15 is 0 Å². The fourth-order valence-electron chi connectivity index (χ4n) is 4.77. The maximum absolute atomic E-state index is 11.5. The number of fused-ring (bicyclic) bond motifs is 1. The highest BCUT2D eigenvalue weighted by Gasteiger charge is 2.15. The Morgan fingerprint density at radius 1 is 1.08 bits per heavy atom. The highest BCUT2D eigenvalue weighted by atomic mass is 32.2. The van der Waals surface area contributed by atoms with E-state index in [0.29, 0.717) is 26.1 Å². The first-order chi connectivity index (χ1) is 18.1. The Morgan fingerprint density at radius 3 is 2.53 bits per heavy atom. The summed E-state index contributed by atoms with van der Waals surface area (Å²) in [6, 6.07) is 0. The molecule has 3 rings (SSSR count). The molecule has 208 valence electrons. The van der Waals surface area contributed by atoms with E-state index in [1.807, 2.05) is 26.0 Å². The van der Waals surface area contributed by atoms with Crippen LogP contribution in [-0.2, 0) is 39.3 Å². The summed E-state index contributed by atoms with van der Waals surface area (Å²) in [5, 5.41) is 6.09. The monoisotopic (exact) mass is 541 g/mol. The summed E-state index contributed by atoms with van der Waals surface area (Å²) in [6.07, 6.45) is 17.1. The highest BCUT2D eigenvalue weighted by molar-refractivity contribution is 7.90. The van der Waals surface area contributed by atoms with E-state index in [9.17, 15) is 8.42 Å². The van der Waals surface area contributed by atoms with Gasteiger partial charge in [0.25, 0.3) is 0 Å². The van der Waals surface area contributed by atoms with Crippen LogP contribution in [0.4, 0.5) is 0 Å². The predicted molar refractivity (Wildman–Crippen MR) is 155 cm³/mol. The molecule has 0 bridgehead atoms. The molecule has 1 N–H and O–H groups in total. The van der Waals surface area contributed by atoms with E-state index in [-0.39, 0.29) is 5.75 Å². The Bertz CT molecular complexity index is 1390. The summed E-state index contributed by atoms with van der Waals surface area (Å²) in [4.78, 5) is 2.23. The van der Waals surface area contributed by atoms with Gasteiger partial charge in [-0.2, -0.15) is 0 Å². The summed E-state index contributed by atoms with van der Waals surface area (Å²) in [5.74, 6) is 1.82. The van der Waals surface area contributed by atoms with Gasteiger partial charge in [-0.3, -0.25) is 0 Å². The number of allylic oxidation sites excluding steroid dienone is 6. The maximum atomic E-state index is 11.5. The molecule has 0 saturated carbocycles. The number of sulfone groups is 1. The number of nitrogens with zero attached hydrogens (tertiary/aromatic N) is 2. The molecule has 2 aliphatic rings. The Balaban J connectivity index is 1.83. The van der Waals surface area contributed by atoms with Crippen molar-refractivity contribution in [1.82, 2.24) is 14.8 Å². The lowest BCUT2D eigenvalue weighted by Gasteiger charge is -2.17. The van der Waals surface area contributed by atoms with Crippen molar-refractivity contribution in [1.29, 1.82) is 0 Å². The first-order valence-electron chi connectivity index (χ1n) is 13.3. The molecule has 0 fully saturated rings. The third-order valence-corrected chi connectivity index (χ3v) is 7.73. The SMILES string of the molecule is CCc1c(CN(C)CCCS(C)(=O)=O)c2c(n1C)=CC=C(N/C1=C/C=C(\C)OCCOC(C)=C=CC1)CC=2. The molecule has 8 heteroatoms. The lowest BCUT2D eigenvalue weighted by Crippen LogP contribution is -2.31. The summed E-state index contributed by atoms with van der Waals surface area (Å²) < 4.78 is 36.7. The van der Waals surface area contributed by atoms with Crippen molar-refractivity contribution in [2.24, 2.45) is 7.05 Å². The van der Waals surface area contributed by atoms with Crippen molar-refractivity contribution in [2.75, 3.05) is 38.8 Å². The van der Waals surface area contributed by atoms with Crippen molar-refractivity contribution < 1.29 is 17.9 Å². The molecule has 0 amide bonds. The van der Waals surface area contributed by atoms with Crippen LogP contribution in [0.3, 0.4) is 0 Å². The van der Waals surface area contributed by atoms with Crippen LogP contribution in [0.1, 0.15) is 51.3 Å². The van der Waals surface area contributed by atoms with E-state index in [2.05, 4.69) is 65.8 Å². The van der Waals surface area contributed by atoms with Crippen molar-refractivity contribution >= 4 is 22.0 Å². The molecule has 0 unspecified atom stereocenters. The average molecular weight is 542 g/mol. The van der Waals surface area contributed by atoms with E-state index in [1.165, 1.54) is 28.1 Å². The van der Waals surface area contributed by atoms with Gasteiger partial charge in [0.1, 0.15) is 28.8 Å². The Morgan fingerprint density at radius 2 is 1.79 bits per heavy atom. The second-order valence-electron chi connectivity index (χ2n) is 10.0. The van der Waals surface area contributed by atoms with Gasteiger partial charge in [0.2, 0.25) is 0 Å². The Labute approximate surface area is 228 Å². The fraction of sp³-hybridized carbons (Fsp3) is 0.500. The summed E-state index contributed by atoms with van der Waals surface area (Å²) in [6.45, 7) is 8.58. The zero-order valence-electron chi connectivity index (χ0n) is 23.8. The van der Waals surface area contributed by atoms with Crippen molar-refractivity contribution in [3.05, 3.63) is 74.8 Å². The second kappa shape index (κ2) is 13.7. The van der Waals surface area contributed by atoms with Gasteiger partial charge in [0.05, 0.1) is 11.5 Å². The molecule has 2 heterocycles. The van der Waals surface area contributed by atoms with Crippen LogP contribution in [0, 0.1) is 0 Å². The maximum Gasteiger partial charge on any atom is 0.147 e. The fourth-order valence-corrected chi connectivity index (χ4v) is 5.42. The van der Waals surface area contributed by atoms with Crippen molar-refractivity contribution in [3.8, 4) is 0 Å². The molecule has 0 aromatic carbocycles. The van der Waals surface area contributed by atoms with E-state index in [4.69, 9.17) is 9.47 Å². The van der Waals surface area contributed by atoms with Gasteiger partial charge in [-0.25, -0.2) is 8.42 Å². The van der Waals surface area contributed by atoms with Gasteiger partial charge in [0, 0.05) is 67.3 Å². The van der Waals surface area contributed by atoms with Crippen LogP contribution in [0.5, 0.6) is 0 Å². The Kier molecular flexibility index (Phi) is 10.7. The Hall–Kier alpha value is -2.93.